The Morgan fingerprint density at radius 1 is 1.40 bits per heavy atom. The number of carbonyl (C=O) groups excluding carboxylic acids is 2. The topological polar surface area (TPSA) is 118 Å². The molecule has 3 rings (SSSR count). The number of hydrogen-bond donors (Lipinski definition) is 1. The van der Waals surface area contributed by atoms with Gasteiger partial charge in [0.1, 0.15) is 11.8 Å². The third-order valence-electron chi connectivity index (χ3n) is 3.09. The first kappa shape index (κ1) is 13.0. The van der Waals surface area contributed by atoms with Crippen LogP contribution in [0.1, 0.15) is 19.3 Å². The molecule has 2 amide bonds. The molecule has 0 bridgehead atoms. The van der Waals surface area contributed by atoms with Gasteiger partial charge in [0, 0.05) is 12.5 Å². The minimum atomic E-state index is -1.08. The van der Waals surface area contributed by atoms with Gasteiger partial charge in [0.25, 0.3) is 0 Å². The maximum absolute atomic E-state index is 12.1. The summed E-state index contributed by atoms with van der Waals surface area (Å²) in [5.41, 5.74) is 0. The van der Waals surface area contributed by atoms with E-state index in [2.05, 4.69) is 15.5 Å². The lowest BCUT2D eigenvalue weighted by atomic mass is 10.4. The van der Waals surface area contributed by atoms with Crippen molar-refractivity contribution in [2.75, 3.05) is 0 Å². The van der Waals surface area contributed by atoms with Crippen LogP contribution in [0.15, 0.2) is 5.16 Å². The van der Waals surface area contributed by atoms with Crippen LogP contribution in [0.25, 0.3) is 0 Å². The molecule has 0 spiro atoms. The number of carboxylic acids is 1. The molecule has 1 aliphatic carbocycles. The lowest BCUT2D eigenvalue weighted by molar-refractivity contribution is -0.139. The Labute approximate surface area is 117 Å². The summed E-state index contributed by atoms with van der Waals surface area (Å²) in [4.78, 5) is 35.9. The van der Waals surface area contributed by atoms with Crippen LogP contribution >= 0.6 is 11.8 Å². The molecule has 20 heavy (non-hydrogen) atoms. The molecule has 2 fully saturated rings. The summed E-state index contributed by atoms with van der Waals surface area (Å²) in [6, 6.07) is 0.0515. The number of carboxylic acid groups (broad SMARTS) is 1. The van der Waals surface area contributed by atoms with E-state index in [-0.39, 0.29) is 36.0 Å². The van der Waals surface area contributed by atoms with Gasteiger partial charge in [-0.15, -0.1) is 5.10 Å². The van der Waals surface area contributed by atoms with Crippen LogP contribution < -0.4 is 0 Å². The van der Waals surface area contributed by atoms with Crippen molar-refractivity contribution in [3.63, 3.8) is 0 Å². The van der Waals surface area contributed by atoms with Gasteiger partial charge in [-0.1, -0.05) is 11.8 Å². The van der Waals surface area contributed by atoms with E-state index in [1.165, 1.54) is 4.90 Å². The second kappa shape index (κ2) is 4.85. The summed E-state index contributed by atoms with van der Waals surface area (Å²) in [7, 11) is 0. The van der Waals surface area contributed by atoms with Gasteiger partial charge < -0.3 is 5.11 Å². The highest BCUT2D eigenvalue weighted by atomic mass is 32.2. The Balaban J connectivity index is 1.72. The van der Waals surface area contributed by atoms with Crippen LogP contribution in [-0.2, 0) is 20.9 Å². The molecular weight excluding hydrogens is 286 g/mol. The van der Waals surface area contributed by atoms with Gasteiger partial charge in [-0.2, -0.15) is 0 Å². The van der Waals surface area contributed by atoms with Crippen LogP contribution in [0.5, 0.6) is 0 Å². The van der Waals surface area contributed by atoms with Crippen molar-refractivity contribution in [3.05, 3.63) is 0 Å². The molecule has 1 atom stereocenters. The predicted octanol–water partition coefficient (Wildman–Crippen LogP) is -0.860. The second-order valence-electron chi connectivity index (χ2n) is 4.66. The summed E-state index contributed by atoms with van der Waals surface area (Å²) in [5.74, 6) is -1.48. The zero-order valence-electron chi connectivity index (χ0n) is 10.3. The standard InChI is InChI=1S/C10H11N5O4S/c16-7-3-6(9(19)15(7)5-1-2-5)20-10-11-12-13-14(10)4-8(17)18/h5-6H,1-4H2,(H,17,18). The SMILES string of the molecule is O=C(O)Cn1nnnc1SC1CC(=O)N(C2CC2)C1=O. The Morgan fingerprint density at radius 2 is 2.15 bits per heavy atom. The minimum Gasteiger partial charge on any atom is -0.480 e. The third kappa shape index (κ3) is 2.38. The molecular formula is C10H11N5O4S. The highest BCUT2D eigenvalue weighted by Crippen LogP contribution is 2.36. The Kier molecular flexibility index (Phi) is 3.16. The van der Waals surface area contributed by atoms with Gasteiger partial charge >= 0.3 is 5.97 Å². The van der Waals surface area contributed by atoms with Gasteiger partial charge in [-0.3, -0.25) is 19.3 Å². The summed E-state index contributed by atoms with van der Waals surface area (Å²) in [6.07, 6.45) is 1.84. The summed E-state index contributed by atoms with van der Waals surface area (Å²) < 4.78 is 1.10. The number of carbonyl (C=O) groups is 3. The van der Waals surface area contributed by atoms with Gasteiger partial charge in [0.05, 0.1) is 0 Å². The quantitative estimate of drug-likeness (QED) is 0.697. The van der Waals surface area contributed by atoms with Gasteiger partial charge in [0.15, 0.2) is 0 Å². The van der Waals surface area contributed by atoms with Crippen LogP contribution in [0.4, 0.5) is 0 Å². The number of tetrazole rings is 1. The fraction of sp³-hybridized carbons (Fsp3) is 0.600. The predicted molar refractivity (Wildman–Crippen MR) is 64.6 cm³/mol. The summed E-state index contributed by atoms with van der Waals surface area (Å²) >= 11 is 1.04. The van der Waals surface area contributed by atoms with Crippen LogP contribution in [0.2, 0.25) is 0 Å². The van der Waals surface area contributed by atoms with Crippen molar-refractivity contribution in [1.29, 1.82) is 0 Å². The highest BCUT2D eigenvalue weighted by Gasteiger charge is 2.46. The zero-order chi connectivity index (χ0) is 14.3. The molecule has 10 heteroatoms. The van der Waals surface area contributed by atoms with Crippen molar-refractivity contribution in [2.45, 2.75) is 42.3 Å². The molecule has 1 unspecified atom stereocenters. The molecule has 0 radical (unpaired) electrons. The average molecular weight is 297 g/mol. The Bertz CT molecular complexity index is 584. The van der Waals surface area contributed by atoms with Crippen LogP contribution in [-0.4, -0.2) is 59.3 Å². The number of amides is 2. The second-order valence-corrected chi connectivity index (χ2v) is 5.83. The molecule has 0 aromatic carbocycles. The molecule has 1 aromatic heterocycles. The van der Waals surface area contributed by atoms with Crippen molar-refractivity contribution >= 4 is 29.5 Å². The summed E-state index contributed by atoms with van der Waals surface area (Å²) in [6.45, 7) is -0.378. The number of hydrogen-bond acceptors (Lipinski definition) is 7. The van der Waals surface area contributed by atoms with E-state index in [0.29, 0.717) is 0 Å². The van der Waals surface area contributed by atoms with Gasteiger partial charge in [-0.05, 0) is 23.3 Å². The fourth-order valence-electron chi connectivity index (χ4n) is 2.07. The van der Waals surface area contributed by atoms with E-state index < -0.39 is 11.2 Å². The van der Waals surface area contributed by atoms with E-state index in [0.717, 1.165) is 29.3 Å². The molecule has 1 saturated heterocycles. The third-order valence-corrected chi connectivity index (χ3v) is 4.24. The van der Waals surface area contributed by atoms with Gasteiger partial charge in [-0.25, -0.2) is 4.68 Å². The molecule has 2 heterocycles. The molecule has 2 aliphatic rings. The smallest absolute Gasteiger partial charge is 0.325 e. The maximum Gasteiger partial charge on any atom is 0.325 e. The molecule has 9 nitrogen and oxygen atoms in total. The normalized spacial score (nSPS) is 22.6. The monoisotopic (exact) mass is 297 g/mol. The van der Waals surface area contributed by atoms with Crippen LogP contribution in [0, 0.1) is 0 Å². The van der Waals surface area contributed by atoms with Crippen molar-refractivity contribution in [1.82, 2.24) is 25.1 Å². The molecule has 106 valence electrons. The fourth-order valence-corrected chi connectivity index (χ4v) is 3.07. The average Bonchev–Trinajstić information content (AvgIpc) is 3.04. The first-order chi connectivity index (χ1) is 9.56. The molecule has 1 N–H and O–H groups in total. The minimum absolute atomic E-state index is 0.0515. The number of aromatic nitrogens is 4. The van der Waals surface area contributed by atoms with Gasteiger partial charge in [0.2, 0.25) is 17.0 Å². The van der Waals surface area contributed by atoms with Crippen molar-refractivity contribution < 1.29 is 19.5 Å². The van der Waals surface area contributed by atoms with E-state index in [4.69, 9.17) is 5.11 Å². The van der Waals surface area contributed by atoms with E-state index in [1.54, 1.807) is 0 Å². The Morgan fingerprint density at radius 3 is 2.80 bits per heavy atom. The first-order valence-electron chi connectivity index (χ1n) is 6.07. The lowest BCUT2D eigenvalue weighted by Crippen LogP contribution is -2.33. The highest BCUT2D eigenvalue weighted by molar-refractivity contribution is 8.00. The molecule has 1 aliphatic heterocycles. The van der Waals surface area contributed by atoms with E-state index in [9.17, 15) is 14.4 Å². The number of rotatable bonds is 5. The number of thioether (sulfide) groups is 1. The molecule has 1 saturated carbocycles. The van der Waals surface area contributed by atoms with Crippen molar-refractivity contribution in [2.24, 2.45) is 0 Å². The number of aliphatic carboxylic acids is 1. The lowest BCUT2D eigenvalue weighted by Gasteiger charge is -2.12. The number of imide groups is 1. The largest absolute Gasteiger partial charge is 0.480 e. The maximum atomic E-state index is 12.1. The number of likely N-dealkylation sites (tertiary alicyclic amines) is 1. The Hall–Kier alpha value is -1.97. The van der Waals surface area contributed by atoms with Crippen LogP contribution in [0.3, 0.4) is 0 Å². The van der Waals surface area contributed by atoms with E-state index in [1.807, 2.05) is 0 Å². The number of nitrogens with zero attached hydrogens (tertiary/aromatic N) is 5. The zero-order valence-corrected chi connectivity index (χ0v) is 11.1. The first-order valence-corrected chi connectivity index (χ1v) is 6.94. The van der Waals surface area contributed by atoms with Crippen molar-refractivity contribution in [3.8, 4) is 0 Å². The van der Waals surface area contributed by atoms with E-state index >= 15 is 0 Å². The molecule has 1 aromatic rings. The summed E-state index contributed by atoms with van der Waals surface area (Å²) in [5, 5.41) is 19.0.